The van der Waals surface area contributed by atoms with E-state index in [1.54, 1.807) is 30.3 Å². The molecular weight excluding hydrogens is 290 g/mol. The number of thiophene rings is 1. The molecule has 0 bridgehead atoms. The van der Waals surface area contributed by atoms with E-state index in [1.807, 2.05) is 13.0 Å². The van der Waals surface area contributed by atoms with E-state index in [0.717, 1.165) is 11.3 Å². The minimum absolute atomic E-state index is 0.319. The SMILES string of the molecule is CCc1ccc(S(=O)(=O)Nc2cccc(Cl)c2)s1. The molecule has 0 aliphatic carbocycles. The molecule has 1 N–H and O–H groups in total. The van der Waals surface area contributed by atoms with Gasteiger partial charge in [-0.05, 0) is 36.8 Å². The number of benzene rings is 1. The predicted molar refractivity (Wildman–Crippen MR) is 76.0 cm³/mol. The molecule has 0 spiro atoms. The van der Waals surface area contributed by atoms with E-state index in [4.69, 9.17) is 11.6 Å². The molecule has 1 heterocycles. The molecule has 0 saturated heterocycles. The summed E-state index contributed by atoms with van der Waals surface area (Å²) < 4.78 is 27.0. The number of anilines is 1. The lowest BCUT2D eigenvalue weighted by Crippen LogP contribution is -2.11. The molecule has 6 heteroatoms. The molecule has 18 heavy (non-hydrogen) atoms. The maximum Gasteiger partial charge on any atom is 0.271 e. The molecule has 0 fully saturated rings. The zero-order valence-corrected chi connectivity index (χ0v) is 12.1. The van der Waals surface area contributed by atoms with Crippen LogP contribution < -0.4 is 4.72 Å². The zero-order chi connectivity index (χ0) is 13.2. The van der Waals surface area contributed by atoms with Gasteiger partial charge in [0.2, 0.25) is 0 Å². The van der Waals surface area contributed by atoms with Gasteiger partial charge in [0.15, 0.2) is 0 Å². The summed E-state index contributed by atoms with van der Waals surface area (Å²) in [6.45, 7) is 1.99. The van der Waals surface area contributed by atoms with Crippen LogP contribution in [0, 0.1) is 0 Å². The molecule has 2 rings (SSSR count). The van der Waals surface area contributed by atoms with Gasteiger partial charge < -0.3 is 0 Å². The normalized spacial score (nSPS) is 11.4. The molecule has 0 aliphatic heterocycles. The first-order valence-electron chi connectivity index (χ1n) is 5.38. The van der Waals surface area contributed by atoms with Gasteiger partial charge in [-0.3, -0.25) is 4.72 Å². The number of hydrogen-bond acceptors (Lipinski definition) is 3. The highest BCUT2D eigenvalue weighted by Gasteiger charge is 2.16. The third-order valence-electron chi connectivity index (χ3n) is 2.33. The number of halogens is 1. The molecule has 0 radical (unpaired) electrons. The lowest BCUT2D eigenvalue weighted by atomic mass is 10.3. The van der Waals surface area contributed by atoms with Crippen molar-refractivity contribution in [1.82, 2.24) is 0 Å². The van der Waals surface area contributed by atoms with Crippen LogP contribution in [0.15, 0.2) is 40.6 Å². The first-order valence-corrected chi connectivity index (χ1v) is 8.06. The number of rotatable bonds is 4. The van der Waals surface area contributed by atoms with Crippen molar-refractivity contribution in [3.05, 3.63) is 46.3 Å². The van der Waals surface area contributed by atoms with Crippen molar-refractivity contribution in [2.75, 3.05) is 4.72 Å². The van der Waals surface area contributed by atoms with Gasteiger partial charge in [-0.1, -0.05) is 24.6 Å². The van der Waals surface area contributed by atoms with E-state index < -0.39 is 10.0 Å². The van der Waals surface area contributed by atoms with Crippen LogP contribution in [0.3, 0.4) is 0 Å². The summed E-state index contributed by atoms with van der Waals surface area (Å²) >= 11 is 7.09. The number of nitrogens with one attached hydrogen (secondary N) is 1. The second-order valence-corrected chi connectivity index (χ2v) is 7.20. The van der Waals surface area contributed by atoms with Gasteiger partial charge in [0.1, 0.15) is 4.21 Å². The van der Waals surface area contributed by atoms with Gasteiger partial charge in [-0.25, -0.2) is 8.42 Å². The van der Waals surface area contributed by atoms with Gasteiger partial charge >= 0.3 is 0 Å². The molecule has 0 aliphatic rings. The summed E-state index contributed by atoms with van der Waals surface area (Å²) in [5.74, 6) is 0. The van der Waals surface area contributed by atoms with Crippen molar-refractivity contribution >= 4 is 38.6 Å². The van der Waals surface area contributed by atoms with Crippen LogP contribution in [0.2, 0.25) is 5.02 Å². The molecule has 0 saturated carbocycles. The summed E-state index contributed by atoms with van der Waals surface area (Å²) in [4.78, 5) is 1.04. The van der Waals surface area contributed by atoms with E-state index in [9.17, 15) is 8.42 Å². The average molecular weight is 302 g/mol. The van der Waals surface area contributed by atoms with Crippen LogP contribution in [-0.2, 0) is 16.4 Å². The second-order valence-electron chi connectivity index (χ2n) is 3.69. The number of sulfonamides is 1. The van der Waals surface area contributed by atoms with E-state index in [-0.39, 0.29) is 0 Å². The van der Waals surface area contributed by atoms with Crippen LogP contribution in [0.4, 0.5) is 5.69 Å². The van der Waals surface area contributed by atoms with Crippen molar-refractivity contribution in [1.29, 1.82) is 0 Å². The van der Waals surface area contributed by atoms with E-state index in [2.05, 4.69) is 4.72 Å². The van der Waals surface area contributed by atoms with E-state index in [0.29, 0.717) is 14.9 Å². The standard InChI is InChI=1S/C12H12ClNO2S2/c1-2-11-6-7-12(17-11)18(15,16)14-10-5-3-4-9(13)8-10/h3-8,14H,2H2,1H3. The molecule has 0 unspecified atom stereocenters. The van der Waals surface area contributed by atoms with E-state index >= 15 is 0 Å². The molecule has 0 amide bonds. The molecule has 1 aromatic heterocycles. The predicted octanol–water partition coefficient (Wildman–Crippen LogP) is 3.76. The maximum atomic E-state index is 12.1. The van der Waals surface area contributed by atoms with Crippen molar-refractivity contribution < 1.29 is 8.42 Å². The Morgan fingerprint density at radius 3 is 2.67 bits per heavy atom. The van der Waals surface area contributed by atoms with Gasteiger partial charge in [0.25, 0.3) is 10.0 Å². The lowest BCUT2D eigenvalue weighted by Gasteiger charge is -2.06. The molecular formula is C12H12ClNO2S2. The summed E-state index contributed by atoms with van der Waals surface area (Å²) in [6.07, 6.45) is 0.831. The van der Waals surface area contributed by atoms with Gasteiger partial charge in [0, 0.05) is 9.90 Å². The fourth-order valence-corrected chi connectivity index (χ4v) is 3.99. The minimum atomic E-state index is -3.51. The molecule has 0 atom stereocenters. The van der Waals surface area contributed by atoms with Crippen LogP contribution in [0.25, 0.3) is 0 Å². The van der Waals surface area contributed by atoms with Crippen LogP contribution >= 0.6 is 22.9 Å². The molecule has 96 valence electrons. The summed E-state index contributed by atoms with van der Waals surface area (Å²) in [7, 11) is -3.51. The molecule has 2 aromatic rings. The quantitative estimate of drug-likeness (QED) is 0.934. The van der Waals surface area contributed by atoms with Crippen molar-refractivity contribution in [3.63, 3.8) is 0 Å². The monoisotopic (exact) mass is 301 g/mol. The first kappa shape index (κ1) is 13.4. The summed E-state index contributed by atoms with van der Waals surface area (Å²) in [5.41, 5.74) is 0.467. The highest BCUT2D eigenvalue weighted by Crippen LogP contribution is 2.25. The second kappa shape index (κ2) is 5.30. The Morgan fingerprint density at radius 2 is 2.06 bits per heavy atom. The highest BCUT2D eigenvalue weighted by molar-refractivity contribution is 7.94. The lowest BCUT2D eigenvalue weighted by molar-refractivity contribution is 0.603. The largest absolute Gasteiger partial charge is 0.279 e. The van der Waals surface area contributed by atoms with Crippen LogP contribution in [-0.4, -0.2) is 8.42 Å². The Balaban J connectivity index is 2.27. The van der Waals surface area contributed by atoms with E-state index in [1.165, 1.54) is 11.3 Å². The van der Waals surface area contributed by atoms with Crippen molar-refractivity contribution in [3.8, 4) is 0 Å². The van der Waals surface area contributed by atoms with Gasteiger partial charge in [0.05, 0.1) is 5.69 Å². The third kappa shape index (κ3) is 3.04. The topological polar surface area (TPSA) is 46.2 Å². The molecule has 1 aromatic carbocycles. The molecule has 3 nitrogen and oxygen atoms in total. The fourth-order valence-electron chi connectivity index (χ4n) is 1.45. The van der Waals surface area contributed by atoms with Gasteiger partial charge in [-0.2, -0.15) is 0 Å². The Hall–Kier alpha value is -1.04. The number of hydrogen-bond donors (Lipinski definition) is 1. The zero-order valence-electron chi connectivity index (χ0n) is 9.68. The highest BCUT2D eigenvalue weighted by atomic mass is 35.5. The first-order chi connectivity index (χ1) is 8.51. The fraction of sp³-hybridized carbons (Fsp3) is 0.167. The van der Waals surface area contributed by atoms with Gasteiger partial charge in [-0.15, -0.1) is 11.3 Å². The van der Waals surface area contributed by atoms with Crippen molar-refractivity contribution in [2.45, 2.75) is 17.6 Å². The Bertz CT molecular complexity index is 650. The van der Waals surface area contributed by atoms with Crippen LogP contribution in [0.5, 0.6) is 0 Å². The maximum absolute atomic E-state index is 12.1. The smallest absolute Gasteiger partial charge is 0.271 e. The Morgan fingerprint density at radius 1 is 1.28 bits per heavy atom. The van der Waals surface area contributed by atoms with Crippen LogP contribution in [0.1, 0.15) is 11.8 Å². The van der Waals surface area contributed by atoms with Crippen molar-refractivity contribution in [2.24, 2.45) is 0 Å². The minimum Gasteiger partial charge on any atom is -0.279 e. The Labute approximate surface area is 115 Å². The summed E-state index contributed by atoms with van der Waals surface area (Å²) in [5, 5.41) is 0.496. The Kier molecular flexibility index (Phi) is 3.94. The summed E-state index contributed by atoms with van der Waals surface area (Å²) in [6, 6.07) is 10.1. The number of aryl methyl sites for hydroxylation is 1. The average Bonchev–Trinajstić information content (AvgIpc) is 2.77. The third-order valence-corrected chi connectivity index (χ3v) is 5.66.